The predicted octanol–water partition coefficient (Wildman–Crippen LogP) is 11.9. The van der Waals surface area contributed by atoms with Crippen LogP contribution in [0.25, 0.3) is 83.9 Å². The number of nitrogens with zero attached hydrogens (tertiary/aromatic N) is 4. The number of rotatable bonds is 5. The van der Waals surface area contributed by atoms with Crippen LogP contribution in [0, 0.1) is 0 Å². The molecule has 4 heteroatoms. The molecule has 246 valence electrons. The lowest BCUT2D eigenvalue weighted by Gasteiger charge is -2.21. The van der Waals surface area contributed by atoms with Gasteiger partial charge in [-0.15, -0.1) is 0 Å². The van der Waals surface area contributed by atoms with E-state index in [4.69, 9.17) is 15.0 Å². The lowest BCUT2D eigenvalue weighted by atomic mass is 9.82. The average molecular weight is 667 g/mol. The van der Waals surface area contributed by atoms with Gasteiger partial charge >= 0.3 is 0 Å². The summed E-state index contributed by atoms with van der Waals surface area (Å²) in [4.78, 5) is 15.0. The molecule has 0 amide bonds. The first-order valence-electron chi connectivity index (χ1n) is 17.8. The highest BCUT2D eigenvalue weighted by atomic mass is 15.0. The van der Waals surface area contributed by atoms with E-state index >= 15 is 0 Å². The van der Waals surface area contributed by atoms with Crippen molar-refractivity contribution in [2.45, 2.75) is 19.3 Å². The second kappa shape index (κ2) is 11.7. The van der Waals surface area contributed by atoms with Gasteiger partial charge in [-0.1, -0.05) is 141 Å². The average Bonchev–Trinajstić information content (AvgIpc) is 3.65. The van der Waals surface area contributed by atoms with Crippen LogP contribution in [0.3, 0.4) is 0 Å². The fourth-order valence-electron chi connectivity index (χ4n) is 7.99. The Morgan fingerprint density at radius 2 is 0.885 bits per heavy atom. The van der Waals surface area contributed by atoms with Gasteiger partial charge in [-0.3, -0.25) is 0 Å². The molecule has 0 aliphatic heterocycles. The maximum Gasteiger partial charge on any atom is 0.164 e. The molecule has 0 bridgehead atoms. The minimum atomic E-state index is -0.0586. The summed E-state index contributed by atoms with van der Waals surface area (Å²) in [7, 11) is 0. The van der Waals surface area contributed by atoms with Crippen LogP contribution >= 0.6 is 0 Å². The van der Waals surface area contributed by atoms with Crippen molar-refractivity contribution in [2.75, 3.05) is 0 Å². The fraction of sp³-hybridized carbons (Fsp3) is 0.0625. The summed E-state index contributed by atoms with van der Waals surface area (Å²) in [6.45, 7) is 4.69. The SMILES string of the molecule is CC1(C)c2ccccc2-c2cc3c(cc21)c1ccccc1n3-c1ccc(-c2nc(-c3ccccc3)nc(-c3ccc(-c4ccccc4)cc3)n2)cc1. The van der Waals surface area contributed by atoms with Gasteiger partial charge in [-0.25, -0.2) is 15.0 Å². The second-order valence-corrected chi connectivity index (χ2v) is 14.1. The van der Waals surface area contributed by atoms with E-state index in [1.165, 1.54) is 49.6 Å². The number of hydrogen-bond donors (Lipinski definition) is 0. The summed E-state index contributed by atoms with van der Waals surface area (Å²) >= 11 is 0. The molecular weight excluding hydrogens is 633 g/mol. The van der Waals surface area contributed by atoms with Gasteiger partial charge in [-0.05, 0) is 75.8 Å². The molecule has 0 radical (unpaired) electrons. The third kappa shape index (κ3) is 4.79. The van der Waals surface area contributed by atoms with Crippen LogP contribution in [0.15, 0.2) is 170 Å². The van der Waals surface area contributed by atoms with Crippen molar-refractivity contribution in [3.63, 3.8) is 0 Å². The van der Waals surface area contributed by atoms with E-state index < -0.39 is 0 Å². The molecule has 4 nitrogen and oxygen atoms in total. The highest BCUT2D eigenvalue weighted by Crippen LogP contribution is 2.51. The monoisotopic (exact) mass is 666 g/mol. The molecule has 7 aromatic carbocycles. The first kappa shape index (κ1) is 30.2. The molecule has 10 rings (SSSR count). The van der Waals surface area contributed by atoms with E-state index in [0.717, 1.165) is 27.9 Å². The van der Waals surface area contributed by atoms with Crippen molar-refractivity contribution in [1.29, 1.82) is 0 Å². The summed E-state index contributed by atoms with van der Waals surface area (Å²) in [5.74, 6) is 1.93. The molecule has 0 fully saturated rings. The molecule has 0 spiro atoms. The largest absolute Gasteiger partial charge is 0.309 e. The smallest absolute Gasteiger partial charge is 0.164 e. The Balaban J connectivity index is 1.09. The lowest BCUT2D eigenvalue weighted by molar-refractivity contribution is 0.661. The summed E-state index contributed by atoms with van der Waals surface area (Å²) in [6.07, 6.45) is 0. The third-order valence-corrected chi connectivity index (χ3v) is 10.7. The standard InChI is InChI=1S/C48H34N4/c1-48(2)41-19-11-9-17-37(41)39-30-44-40(29-42(39)48)38-18-10-12-20-43(38)52(44)36-27-25-35(26-28-36)47-50-45(33-15-7-4-8-16-33)49-46(51-47)34-23-21-32(22-24-34)31-13-5-3-6-14-31/h3-30H,1-2H3. The van der Waals surface area contributed by atoms with Crippen LogP contribution in [-0.2, 0) is 5.41 Å². The zero-order valence-electron chi connectivity index (χ0n) is 29.0. The number of benzene rings is 7. The van der Waals surface area contributed by atoms with E-state index in [1.54, 1.807) is 0 Å². The Hall–Kier alpha value is -6.65. The maximum atomic E-state index is 5.04. The molecule has 0 saturated heterocycles. The number of hydrogen-bond acceptors (Lipinski definition) is 3. The lowest BCUT2D eigenvalue weighted by Crippen LogP contribution is -2.14. The molecule has 9 aromatic rings. The third-order valence-electron chi connectivity index (χ3n) is 10.7. The van der Waals surface area contributed by atoms with Crippen LogP contribution in [0.4, 0.5) is 0 Å². The number of para-hydroxylation sites is 1. The predicted molar refractivity (Wildman–Crippen MR) is 213 cm³/mol. The Morgan fingerprint density at radius 1 is 0.385 bits per heavy atom. The Kier molecular flexibility index (Phi) is 6.80. The fourth-order valence-corrected chi connectivity index (χ4v) is 7.99. The molecule has 1 aliphatic carbocycles. The van der Waals surface area contributed by atoms with Gasteiger partial charge in [0.2, 0.25) is 0 Å². The molecule has 2 aromatic heterocycles. The van der Waals surface area contributed by atoms with Gasteiger partial charge in [0.05, 0.1) is 11.0 Å². The summed E-state index contributed by atoms with van der Waals surface area (Å²) in [6, 6.07) is 60.1. The minimum absolute atomic E-state index is 0.0586. The maximum absolute atomic E-state index is 5.04. The zero-order chi connectivity index (χ0) is 34.8. The molecule has 0 saturated carbocycles. The van der Waals surface area contributed by atoms with Crippen molar-refractivity contribution >= 4 is 21.8 Å². The Morgan fingerprint density at radius 3 is 1.56 bits per heavy atom. The normalized spacial score (nSPS) is 13.0. The minimum Gasteiger partial charge on any atom is -0.309 e. The molecule has 1 aliphatic rings. The highest BCUT2D eigenvalue weighted by molar-refractivity contribution is 6.11. The van der Waals surface area contributed by atoms with E-state index in [0.29, 0.717) is 17.5 Å². The summed E-state index contributed by atoms with van der Waals surface area (Å²) in [5.41, 5.74) is 14.0. The Labute approximate surface area is 302 Å². The van der Waals surface area contributed by atoms with Crippen molar-refractivity contribution in [1.82, 2.24) is 19.5 Å². The Bertz CT molecular complexity index is 2780. The first-order valence-corrected chi connectivity index (χ1v) is 17.8. The van der Waals surface area contributed by atoms with Crippen molar-refractivity contribution in [3.05, 3.63) is 181 Å². The van der Waals surface area contributed by atoms with Gasteiger partial charge in [0.15, 0.2) is 17.5 Å². The van der Waals surface area contributed by atoms with Gasteiger partial charge in [0, 0.05) is 38.6 Å². The second-order valence-electron chi connectivity index (χ2n) is 14.1. The van der Waals surface area contributed by atoms with Crippen LogP contribution < -0.4 is 0 Å². The number of aromatic nitrogens is 4. The zero-order valence-corrected chi connectivity index (χ0v) is 29.0. The summed E-state index contributed by atoms with van der Waals surface area (Å²) < 4.78 is 2.39. The van der Waals surface area contributed by atoms with E-state index in [2.05, 4.69) is 152 Å². The van der Waals surface area contributed by atoms with Gasteiger partial charge in [-0.2, -0.15) is 0 Å². The number of fused-ring (bicyclic) bond motifs is 6. The molecule has 2 heterocycles. The van der Waals surface area contributed by atoms with E-state index in [-0.39, 0.29) is 5.41 Å². The quantitative estimate of drug-likeness (QED) is 0.184. The summed E-state index contributed by atoms with van der Waals surface area (Å²) in [5, 5.41) is 2.52. The van der Waals surface area contributed by atoms with Gasteiger partial charge < -0.3 is 4.57 Å². The van der Waals surface area contributed by atoms with Crippen LogP contribution in [0.2, 0.25) is 0 Å². The molecule has 0 atom stereocenters. The topological polar surface area (TPSA) is 43.6 Å². The first-order chi connectivity index (χ1) is 25.5. The van der Waals surface area contributed by atoms with E-state index in [1.807, 2.05) is 36.4 Å². The molecular formula is C48H34N4. The van der Waals surface area contributed by atoms with Crippen LogP contribution in [0.5, 0.6) is 0 Å². The molecule has 0 unspecified atom stereocenters. The van der Waals surface area contributed by atoms with Crippen LogP contribution in [0.1, 0.15) is 25.0 Å². The van der Waals surface area contributed by atoms with Gasteiger partial charge in [0.1, 0.15) is 0 Å². The van der Waals surface area contributed by atoms with Crippen molar-refractivity contribution in [2.24, 2.45) is 0 Å². The van der Waals surface area contributed by atoms with Crippen LogP contribution in [-0.4, -0.2) is 19.5 Å². The highest BCUT2D eigenvalue weighted by Gasteiger charge is 2.36. The molecule has 52 heavy (non-hydrogen) atoms. The van der Waals surface area contributed by atoms with E-state index in [9.17, 15) is 0 Å². The van der Waals surface area contributed by atoms with Gasteiger partial charge in [0.25, 0.3) is 0 Å². The van der Waals surface area contributed by atoms with Crippen molar-refractivity contribution in [3.8, 4) is 62.1 Å². The van der Waals surface area contributed by atoms with Crippen molar-refractivity contribution < 1.29 is 0 Å². The molecule has 0 N–H and O–H groups in total.